The number of carbonyl (C=O) groups is 2. The Hall–Kier alpha value is -2.81. The van der Waals surface area contributed by atoms with E-state index in [1.807, 2.05) is 24.3 Å². The van der Waals surface area contributed by atoms with Crippen molar-refractivity contribution in [3.63, 3.8) is 0 Å². The van der Waals surface area contributed by atoms with E-state index in [0.29, 0.717) is 6.54 Å². The summed E-state index contributed by atoms with van der Waals surface area (Å²) in [6, 6.07) is 6.48. The molecule has 30 heavy (non-hydrogen) atoms. The first-order chi connectivity index (χ1) is 14.1. The lowest BCUT2D eigenvalue weighted by atomic mass is 10.1. The van der Waals surface area contributed by atoms with Gasteiger partial charge in [0.1, 0.15) is 17.7 Å². The van der Waals surface area contributed by atoms with E-state index in [9.17, 15) is 14.4 Å². The van der Waals surface area contributed by atoms with Crippen molar-refractivity contribution in [2.75, 3.05) is 13.0 Å². The van der Waals surface area contributed by atoms with Crippen molar-refractivity contribution >= 4 is 23.5 Å². The van der Waals surface area contributed by atoms with Crippen molar-refractivity contribution in [1.29, 1.82) is 0 Å². The zero-order valence-electron chi connectivity index (χ0n) is 17.6. The highest BCUT2D eigenvalue weighted by molar-refractivity contribution is 6.28. The topological polar surface area (TPSA) is 104 Å². The van der Waals surface area contributed by atoms with Crippen molar-refractivity contribution in [1.82, 2.24) is 19.7 Å². The van der Waals surface area contributed by atoms with Gasteiger partial charge >= 0.3 is 11.8 Å². The molecule has 10 heteroatoms. The molecule has 2 aromatic rings. The van der Waals surface area contributed by atoms with Gasteiger partial charge in [0.05, 0.1) is 25.6 Å². The molecule has 1 heterocycles. The number of benzene rings is 1. The summed E-state index contributed by atoms with van der Waals surface area (Å²) in [7, 11) is 1.59. The smallest absolute Gasteiger partial charge is 0.408 e. The quantitative estimate of drug-likeness (QED) is 0.602. The average Bonchev–Trinajstić information content (AvgIpc) is 3.03. The molecule has 2 rings (SSSR count). The molecule has 1 aromatic carbocycles. The molecule has 1 aromatic heterocycles. The maximum Gasteiger partial charge on any atom is 0.408 e. The van der Waals surface area contributed by atoms with E-state index >= 15 is 0 Å². The molecule has 0 spiro atoms. The first kappa shape index (κ1) is 23.5. The number of aromatic nitrogens is 3. The third-order valence-corrected chi connectivity index (χ3v) is 4.41. The van der Waals surface area contributed by atoms with Crippen molar-refractivity contribution in [3.05, 3.63) is 46.6 Å². The lowest BCUT2D eigenvalue weighted by molar-refractivity contribution is -0.119. The molecule has 164 valence electrons. The Kier molecular flexibility index (Phi) is 8.05. The van der Waals surface area contributed by atoms with Gasteiger partial charge in [0, 0.05) is 6.54 Å². The fraction of sp³-hybridized carbons (Fsp3) is 0.500. The van der Waals surface area contributed by atoms with Crippen LogP contribution in [0.1, 0.15) is 32.8 Å². The summed E-state index contributed by atoms with van der Waals surface area (Å²) in [5.74, 6) is 0.101. The Morgan fingerprint density at radius 3 is 2.47 bits per heavy atom. The van der Waals surface area contributed by atoms with Crippen molar-refractivity contribution < 1.29 is 19.1 Å². The number of ketones is 1. The third-order valence-electron chi connectivity index (χ3n) is 4.15. The van der Waals surface area contributed by atoms with Gasteiger partial charge in [-0.3, -0.25) is 9.36 Å². The highest BCUT2D eigenvalue weighted by Crippen LogP contribution is 2.12. The number of alkyl carbamates (subject to hydrolysis) is 1. The van der Waals surface area contributed by atoms with Crippen LogP contribution in [0.5, 0.6) is 5.75 Å². The highest BCUT2D eigenvalue weighted by Gasteiger charge is 2.24. The predicted molar refractivity (Wildman–Crippen MR) is 112 cm³/mol. The summed E-state index contributed by atoms with van der Waals surface area (Å²) < 4.78 is 13.0. The fourth-order valence-corrected chi connectivity index (χ4v) is 2.86. The Bertz CT molecular complexity index is 915. The van der Waals surface area contributed by atoms with Crippen LogP contribution in [-0.4, -0.2) is 50.9 Å². The monoisotopic (exact) mass is 438 g/mol. The minimum atomic E-state index is -0.879. The normalized spacial score (nSPS) is 12.3. The Balaban J connectivity index is 2.02. The van der Waals surface area contributed by atoms with Gasteiger partial charge in [-0.15, -0.1) is 11.6 Å². The number of aryl methyl sites for hydroxylation is 1. The van der Waals surface area contributed by atoms with E-state index in [1.54, 1.807) is 27.9 Å². The first-order valence-electron chi connectivity index (χ1n) is 9.46. The average molecular weight is 439 g/mol. The molecule has 1 N–H and O–H groups in total. The lowest BCUT2D eigenvalue weighted by Gasteiger charge is -2.22. The number of hydrogen-bond donors (Lipinski definition) is 1. The van der Waals surface area contributed by atoms with E-state index in [0.717, 1.165) is 11.3 Å². The molecule has 1 atom stereocenters. The van der Waals surface area contributed by atoms with Gasteiger partial charge in [-0.1, -0.05) is 12.1 Å². The SMILES string of the molecule is COc1ccc(Cn2cnn(CC[C@H](NC(=O)OC(C)(C)C)C(=O)CCl)c2=O)cc1. The maximum absolute atomic E-state index is 12.6. The Morgan fingerprint density at radius 2 is 1.90 bits per heavy atom. The number of alkyl halides is 1. The van der Waals surface area contributed by atoms with Crippen molar-refractivity contribution in [2.24, 2.45) is 0 Å². The summed E-state index contributed by atoms with van der Waals surface area (Å²) in [4.78, 5) is 36.7. The molecule has 0 bridgehead atoms. The summed E-state index contributed by atoms with van der Waals surface area (Å²) >= 11 is 5.65. The number of halogens is 1. The van der Waals surface area contributed by atoms with Gasteiger partial charge in [0.2, 0.25) is 0 Å². The molecular weight excluding hydrogens is 412 g/mol. The molecule has 0 fully saturated rings. The first-order valence-corrected chi connectivity index (χ1v) is 9.99. The molecular formula is C20H27ClN4O5. The van der Waals surface area contributed by atoms with Crippen LogP contribution >= 0.6 is 11.6 Å². The van der Waals surface area contributed by atoms with Gasteiger partial charge in [0.15, 0.2) is 5.78 Å². The molecule has 0 radical (unpaired) electrons. The molecule has 0 saturated carbocycles. The largest absolute Gasteiger partial charge is 0.497 e. The van der Waals surface area contributed by atoms with E-state index in [4.69, 9.17) is 21.1 Å². The zero-order valence-corrected chi connectivity index (χ0v) is 18.3. The molecule has 0 unspecified atom stereocenters. The van der Waals surface area contributed by atoms with E-state index in [2.05, 4.69) is 10.4 Å². The summed E-state index contributed by atoms with van der Waals surface area (Å²) in [6.45, 7) is 5.65. The number of amides is 1. The van der Waals surface area contributed by atoms with E-state index in [-0.39, 0.29) is 30.3 Å². The molecule has 0 saturated heterocycles. The Labute approximate surface area is 179 Å². The second-order valence-electron chi connectivity index (χ2n) is 7.70. The van der Waals surface area contributed by atoms with Gasteiger partial charge in [0.25, 0.3) is 0 Å². The molecule has 0 aliphatic carbocycles. The molecule has 0 aliphatic heterocycles. The van der Waals surface area contributed by atoms with Crippen molar-refractivity contribution in [3.8, 4) is 5.75 Å². The minimum Gasteiger partial charge on any atom is -0.497 e. The van der Waals surface area contributed by atoms with Gasteiger partial charge in [-0.25, -0.2) is 14.3 Å². The van der Waals surface area contributed by atoms with Crippen LogP contribution in [0.15, 0.2) is 35.4 Å². The number of nitrogens with zero attached hydrogens (tertiary/aromatic N) is 3. The van der Waals surface area contributed by atoms with Gasteiger partial charge in [-0.05, 0) is 44.9 Å². The minimum absolute atomic E-state index is 0.136. The summed E-state index contributed by atoms with van der Waals surface area (Å²) in [6.07, 6.45) is 0.875. The number of ether oxygens (including phenoxy) is 2. The Morgan fingerprint density at radius 1 is 1.23 bits per heavy atom. The number of Topliss-reactive ketones (excluding diaryl/α,β-unsaturated/α-hetero) is 1. The summed E-state index contributed by atoms with van der Waals surface area (Å²) in [5, 5.41) is 6.61. The number of carbonyl (C=O) groups excluding carboxylic acids is 2. The predicted octanol–water partition coefficient (Wildman–Crippen LogP) is 2.19. The van der Waals surface area contributed by atoms with Crippen LogP contribution in [0.3, 0.4) is 0 Å². The van der Waals surface area contributed by atoms with Crippen LogP contribution in [0.2, 0.25) is 0 Å². The second kappa shape index (κ2) is 10.3. The number of hydrogen-bond acceptors (Lipinski definition) is 6. The number of rotatable bonds is 9. The van der Waals surface area contributed by atoms with E-state index < -0.39 is 17.7 Å². The lowest BCUT2D eigenvalue weighted by Crippen LogP contribution is -2.45. The maximum atomic E-state index is 12.6. The molecule has 0 aliphatic rings. The molecule has 1 amide bonds. The van der Waals surface area contributed by atoms with Crippen LogP contribution in [0.4, 0.5) is 4.79 Å². The number of methoxy groups -OCH3 is 1. The van der Waals surface area contributed by atoms with Crippen LogP contribution in [-0.2, 0) is 22.6 Å². The van der Waals surface area contributed by atoms with Gasteiger partial charge in [-0.2, -0.15) is 5.10 Å². The van der Waals surface area contributed by atoms with Crippen LogP contribution in [0.25, 0.3) is 0 Å². The van der Waals surface area contributed by atoms with E-state index in [1.165, 1.54) is 15.6 Å². The zero-order chi connectivity index (χ0) is 22.3. The summed E-state index contributed by atoms with van der Waals surface area (Å²) in [5.41, 5.74) is -0.102. The fourth-order valence-electron chi connectivity index (χ4n) is 2.67. The van der Waals surface area contributed by atoms with Gasteiger partial charge < -0.3 is 14.8 Å². The highest BCUT2D eigenvalue weighted by atomic mass is 35.5. The number of nitrogens with one attached hydrogen (secondary N) is 1. The second-order valence-corrected chi connectivity index (χ2v) is 7.97. The van der Waals surface area contributed by atoms with Crippen LogP contribution in [0, 0.1) is 0 Å². The van der Waals surface area contributed by atoms with Crippen LogP contribution < -0.4 is 15.7 Å². The third kappa shape index (κ3) is 6.91. The standard InChI is InChI=1S/C20H27ClN4O5/c1-20(2,3)30-18(27)23-16(17(26)11-21)9-10-25-19(28)24(13-22-25)12-14-5-7-15(29-4)8-6-14/h5-8,13,16H,9-12H2,1-4H3,(H,23,27)/t16-/m0/s1. The molecule has 9 nitrogen and oxygen atoms in total. The van der Waals surface area contributed by atoms with Crippen molar-refractivity contribution in [2.45, 2.75) is 51.9 Å².